The lowest BCUT2D eigenvalue weighted by Crippen LogP contribution is -2.29. The monoisotopic (exact) mass is 384 g/mol. The Labute approximate surface area is 127 Å². The Balaban J connectivity index is 2.87. The second-order valence-corrected chi connectivity index (χ2v) is 6.76. The maximum atomic E-state index is 13.5. The first kappa shape index (κ1) is 16.7. The van der Waals surface area contributed by atoms with Gasteiger partial charge in [-0.15, -0.1) is 0 Å². The van der Waals surface area contributed by atoms with E-state index in [4.69, 9.17) is 20.7 Å². The van der Waals surface area contributed by atoms with Gasteiger partial charge in [-0.2, -0.15) is 5.26 Å². The Kier molecular flexibility index (Phi) is 5.74. The van der Waals surface area contributed by atoms with Gasteiger partial charge in [0.25, 0.3) is 15.0 Å². The summed E-state index contributed by atoms with van der Waals surface area (Å²) in [7, 11) is 0.829. The van der Waals surface area contributed by atoms with E-state index in [1.54, 1.807) is 6.07 Å². The van der Waals surface area contributed by atoms with Gasteiger partial charge in [-0.25, -0.2) is 12.8 Å². The zero-order valence-electron chi connectivity index (χ0n) is 9.69. The first-order valence-corrected chi connectivity index (χ1v) is 8.06. The molecular weight excluding hydrogens is 379 g/mol. The molecule has 10 heteroatoms. The molecule has 1 amide bonds. The summed E-state index contributed by atoms with van der Waals surface area (Å²) in [5, 5.41) is 10.5. The Bertz CT molecular complexity index is 675. The van der Waals surface area contributed by atoms with E-state index in [-0.39, 0.29) is 16.8 Å². The van der Waals surface area contributed by atoms with E-state index in [1.165, 1.54) is 0 Å². The standard InChI is InChI=1S/C10H7BrClFN2O4S/c11-6-3-9(20(12,17)18)7(13)4-8(6)19-5-10(16)15-2-1-14/h3-4H,2,5H2,(H,15,16). The van der Waals surface area contributed by atoms with Gasteiger partial charge in [0.2, 0.25) is 0 Å². The summed E-state index contributed by atoms with van der Waals surface area (Å²) in [4.78, 5) is 10.5. The number of rotatable bonds is 5. The Hall–Kier alpha value is -1.37. The number of amides is 1. The number of nitrogens with one attached hydrogen (secondary N) is 1. The fraction of sp³-hybridized carbons (Fsp3) is 0.200. The van der Waals surface area contributed by atoms with Crippen LogP contribution in [0.25, 0.3) is 0 Å². The predicted molar refractivity (Wildman–Crippen MR) is 71.3 cm³/mol. The average molecular weight is 386 g/mol. The van der Waals surface area contributed by atoms with E-state index in [1.807, 2.05) is 0 Å². The number of carbonyl (C=O) groups excluding carboxylic acids is 1. The molecule has 1 aromatic carbocycles. The molecule has 1 aromatic rings. The number of nitriles is 1. The maximum absolute atomic E-state index is 13.5. The summed E-state index contributed by atoms with van der Waals surface area (Å²) in [5.41, 5.74) is 0. The summed E-state index contributed by atoms with van der Waals surface area (Å²) in [6.07, 6.45) is 0. The van der Waals surface area contributed by atoms with Gasteiger partial charge >= 0.3 is 0 Å². The molecule has 0 unspecified atom stereocenters. The van der Waals surface area contributed by atoms with Gasteiger partial charge in [-0.05, 0) is 22.0 Å². The maximum Gasteiger partial charge on any atom is 0.264 e. The lowest BCUT2D eigenvalue weighted by molar-refractivity contribution is -0.122. The first-order chi connectivity index (χ1) is 9.25. The fourth-order valence-corrected chi connectivity index (χ4v) is 2.65. The van der Waals surface area contributed by atoms with Crippen LogP contribution in [-0.4, -0.2) is 27.5 Å². The van der Waals surface area contributed by atoms with Crippen LogP contribution in [0.1, 0.15) is 0 Å². The van der Waals surface area contributed by atoms with E-state index in [2.05, 4.69) is 21.2 Å². The minimum Gasteiger partial charge on any atom is -0.482 e. The second-order valence-electron chi connectivity index (χ2n) is 3.37. The third-order valence-corrected chi connectivity index (χ3v) is 3.93. The van der Waals surface area contributed by atoms with Crippen molar-refractivity contribution in [3.05, 3.63) is 22.4 Å². The molecule has 6 nitrogen and oxygen atoms in total. The van der Waals surface area contributed by atoms with Crippen molar-refractivity contribution in [1.82, 2.24) is 5.32 Å². The second kappa shape index (κ2) is 6.88. The van der Waals surface area contributed by atoms with Crippen LogP contribution in [0.15, 0.2) is 21.5 Å². The van der Waals surface area contributed by atoms with Crippen molar-refractivity contribution in [3.8, 4) is 11.8 Å². The van der Waals surface area contributed by atoms with Crippen molar-refractivity contribution >= 4 is 41.6 Å². The molecule has 20 heavy (non-hydrogen) atoms. The molecule has 108 valence electrons. The van der Waals surface area contributed by atoms with E-state index in [0.29, 0.717) is 0 Å². The lowest BCUT2D eigenvalue weighted by atomic mass is 10.3. The normalized spacial score (nSPS) is 10.7. The predicted octanol–water partition coefficient (Wildman–Crippen LogP) is 1.53. The van der Waals surface area contributed by atoms with Crippen molar-refractivity contribution in [2.75, 3.05) is 13.2 Å². The first-order valence-electron chi connectivity index (χ1n) is 4.96. The SMILES string of the molecule is N#CCNC(=O)COc1cc(F)c(S(=O)(=O)Cl)cc1Br. The zero-order valence-corrected chi connectivity index (χ0v) is 12.8. The van der Waals surface area contributed by atoms with Crippen LogP contribution >= 0.6 is 26.6 Å². The topological polar surface area (TPSA) is 96.3 Å². The Morgan fingerprint density at radius 2 is 2.20 bits per heavy atom. The van der Waals surface area contributed by atoms with Gasteiger partial charge in [0.1, 0.15) is 23.0 Å². The number of hydrogen-bond acceptors (Lipinski definition) is 5. The molecule has 0 heterocycles. The molecule has 1 N–H and O–H groups in total. The van der Waals surface area contributed by atoms with Crippen LogP contribution in [0.2, 0.25) is 0 Å². The smallest absolute Gasteiger partial charge is 0.264 e. The van der Waals surface area contributed by atoms with Gasteiger partial charge in [0, 0.05) is 16.7 Å². The van der Waals surface area contributed by atoms with Gasteiger partial charge in [0.05, 0.1) is 10.5 Å². The summed E-state index contributed by atoms with van der Waals surface area (Å²) in [6.45, 7) is -0.631. The van der Waals surface area contributed by atoms with Crippen molar-refractivity contribution in [1.29, 1.82) is 5.26 Å². The highest BCUT2D eigenvalue weighted by Crippen LogP contribution is 2.31. The number of benzene rings is 1. The number of halogens is 3. The van der Waals surface area contributed by atoms with E-state index < -0.39 is 32.3 Å². The van der Waals surface area contributed by atoms with Gasteiger partial charge < -0.3 is 10.1 Å². The minimum atomic E-state index is -4.22. The van der Waals surface area contributed by atoms with Crippen LogP contribution in [-0.2, 0) is 13.8 Å². The summed E-state index contributed by atoms with van der Waals surface area (Å²) >= 11 is 2.98. The molecule has 0 aliphatic rings. The molecule has 1 rings (SSSR count). The highest BCUT2D eigenvalue weighted by atomic mass is 79.9. The van der Waals surface area contributed by atoms with Gasteiger partial charge in [-0.3, -0.25) is 4.79 Å². The zero-order chi connectivity index (χ0) is 15.3. The fourth-order valence-electron chi connectivity index (χ4n) is 1.14. The number of hydrogen-bond donors (Lipinski definition) is 1. The number of ether oxygens (including phenoxy) is 1. The molecule has 0 saturated heterocycles. The van der Waals surface area contributed by atoms with Crippen molar-refractivity contribution in [2.45, 2.75) is 4.90 Å². The lowest BCUT2D eigenvalue weighted by Gasteiger charge is -2.09. The van der Waals surface area contributed by atoms with Crippen LogP contribution in [0.4, 0.5) is 4.39 Å². The van der Waals surface area contributed by atoms with Crippen LogP contribution in [0.5, 0.6) is 5.75 Å². The van der Waals surface area contributed by atoms with E-state index in [0.717, 1.165) is 12.1 Å². The van der Waals surface area contributed by atoms with E-state index in [9.17, 15) is 17.6 Å². The molecular formula is C10H7BrClFN2O4S. The highest BCUT2D eigenvalue weighted by Gasteiger charge is 2.19. The Morgan fingerprint density at radius 1 is 1.55 bits per heavy atom. The van der Waals surface area contributed by atoms with Gasteiger partial charge in [0.15, 0.2) is 6.61 Å². The van der Waals surface area contributed by atoms with Crippen LogP contribution in [0, 0.1) is 17.1 Å². The number of nitrogens with zero attached hydrogens (tertiary/aromatic N) is 1. The third kappa shape index (κ3) is 4.63. The molecule has 0 aliphatic carbocycles. The molecule has 0 saturated carbocycles. The minimum absolute atomic E-state index is 0.0707. The van der Waals surface area contributed by atoms with Crippen molar-refractivity contribution in [2.24, 2.45) is 0 Å². The van der Waals surface area contributed by atoms with Crippen molar-refractivity contribution < 1.29 is 22.3 Å². The molecule has 0 bridgehead atoms. The number of carbonyl (C=O) groups is 1. The molecule has 0 aromatic heterocycles. The quantitative estimate of drug-likeness (QED) is 0.612. The van der Waals surface area contributed by atoms with E-state index >= 15 is 0 Å². The summed E-state index contributed by atoms with van der Waals surface area (Å²) in [5.74, 6) is -1.75. The van der Waals surface area contributed by atoms with Gasteiger partial charge in [-0.1, -0.05) is 0 Å². The highest BCUT2D eigenvalue weighted by molar-refractivity contribution is 9.10. The van der Waals surface area contributed by atoms with Crippen LogP contribution < -0.4 is 10.1 Å². The molecule has 0 radical (unpaired) electrons. The summed E-state index contributed by atoms with van der Waals surface area (Å²) in [6, 6.07) is 3.42. The molecule has 0 fully saturated rings. The van der Waals surface area contributed by atoms with Crippen LogP contribution in [0.3, 0.4) is 0 Å². The molecule has 0 spiro atoms. The molecule has 0 aliphatic heterocycles. The third-order valence-electron chi connectivity index (χ3n) is 1.97. The average Bonchev–Trinajstić information content (AvgIpc) is 2.35. The van der Waals surface area contributed by atoms with Crippen molar-refractivity contribution in [3.63, 3.8) is 0 Å². The summed E-state index contributed by atoms with van der Waals surface area (Å²) < 4.78 is 40.8. The molecule has 0 atom stereocenters. The largest absolute Gasteiger partial charge is 0.482 e. The Morgan fingerprint density at radius 3 is 2.75 bits per heavy atom.